The molecule has 0 fully saturated rings. The van der Waals surface area contributed by atoms with E-state index in [4.69, 9.17) is 14.2 Å². The maximum absolute atomic E-state index is 14.2. The molecular weight excluding hydrogens is 807 g/mol. The van der Waals surface area contributed by atoms with Crippen molar-refractivity contribution in [2.75, 3.05) is 26.8 Å². The van der Waals surface area contributed by atoms with Crippen molar-refractivity contribution in [2.45, 2.75) is 83.0 Å². The third-order valence-corrected chi connectivity index (χ3v) is 10.3. The Morgan fingerprint density at radius 2 is 1.44 bits per heavy atom. The second-order valence-corrected chi connectivity index (χ2v) is 16.1. The molecule has 0 aliphatic heterocycles. The topological polar surface area (TPSA) is 229 Å². The van der Waals surface area contributed by atoms with Crippen LogP contribution in [-0.2, 0) is 46.6 Å². The third kappa shape index (κ3) is 14.5. The van der Waals surface area contributed by atoms with Crippen LogP contribution >= 0.6 is 0 Å². The molecule has 0 bridgehead atoms. The summed E-state index contributed by atoms with van der Waals surface area (Å²) in [6.07, 6.45) is -0.403. The lowest BCUT2D eigenvalue weighted by molar-refractivity contribution is -0.129. The van der Waals surface area contributed by atoms with E-state index in [1.165, 1.54) is 20.0 Å². The number of ether oxygens (including phenoxy) is 3. The Balaban J connectivity index is 1.54. The second-order valence-electron chi connectivity index (χ2n) is 15.0. The normalized spacial score (nSPS) is 13.7. The maximum Gasteiger partial charge on any atom is 0.474 e. The van der Waals surface area contributed by atoms with Gasteiger partial charge in [-0.15, -0.1) is 4.72 Å². The van der Waals surface area contributed by atoms with Crippen LogP contribution in [-0.4, -0.2) is 95.5 Å². The van der Waals surface area contributed by atoms with Gasteiger partial charge in [0, 0.05) is 25.9 Å². The Morgan fingerprint density at radius 1 is 0.820 bits per heavy atom. The van der Waals surface area contributed by atoms with Crippen molar-refractivity contribution in [1.82, 2.24) is 35.8 Å². The minimum atomic E-state index is -2.70. The van der Waals surface area contributed by atoms with E-state index in [0.29, 0.717) is 22.8 Å². The van der Waals surface area contributed by atoms with E-state index in [9.17, 15) is 33.3 Å². The summed E-state index contributed by atoms with van der Waals surface area (Å²) in [5.41, 5.74) is 6.00. The molecule has 6 N–H and O–H groups in total. The molecule has 0 saturated carbocycles. The van der Waals surface area contributed by atoms with Crippen molar-refractivity contribution in [3.05, 3.63) is 108 Å². The van der Waals surface area contributed by atoms with Crippen LogP contribution in [0.5, 0.6) is 0 Å². The Morgan fingerprint density at radius 3 is 2.05 bits per heavy atom. The minimum Gasteiger partial charge on any atom is -0.572 e. The number of carbonyl (C=O) groups excluding carboxylic acids is 6. The molecule has 0 heterocycles. The second kappa shape index (κ2) is 23.0. The molecule has 6 amide bonds. The molecule has 0 aromatic heterocycles. The highest BCUT2D eigenvalue weighted by Gasteiger charge is 2.38. The van der Waals surface area contributed by atoms with Crippen LogP contribution in [0.1, 0.15) is 69.6 Å². The summed E-state index contributed by atoms with van der Waals surface area (Å²) in [6, 6.07) is 20.4. The Hall–Kier alpha value is -6.11. The molecule has 3 aromatic rings. The number of benzene rings is 3. The zero-order chi connectivity index (χ0) is 44.5. The molecule has 1 unspecified atom stereocenters. The zero-order valence-electron chi connectivity index (χ0n) is 35.0. The first-order valence-corrected chi connectivity index (χ1v) is 20.9. The smallest absolute Gasteiger partial charge is 0.474 e. The largest absolute Gasteiger partial charge is 0.572 e. The molecule has 61 heavy (non-hydrogen) atoms. The summed E-state index contributed by atoms with van der Waals surface area (Å²) in [5, 5.41) is 10.2. The lowest BCUT2D eigenvalue weighted by Crippen LogP contribution is -2.61. The van der Waals surface area contributed by atoms with E-state index < -0.39 is 71.3 Å². The number of hydrogen-bond donors (Lipinski definition) is 6. The van der Waals surface area contributed by atoms with E-state index in [2.05, 4.69) is 38.0 Å². The van der Waals surface area contributed by atoms with Gasteiger partial charge in [-0.2, -0.15) is 0 Å². The van der Waals surface area contributed by atoms with Gasteiger partial charge >= 0.3 is 18.3 Å². The van der Waals surface area contributed by atoms with Crippen molar-refractivity contribution < 1.29 is 47.5 Å². The highest BCUT2D eigenvalue weighted by Crippen LogP contribution is 2.44. The summed E-state index contributed by atoms with van der Waals surface area (Å²) in [4.78, 5) is 78.6. The first-order chi connectivity index (χ1) is 29.1. The quantitative estimate of drug-likeness (QED) is 0.0328. The predicted molar refractivity (Wildman–Crippen MR) is 228 cm³/mol. The van der Waals surface area contributed by atoms with Crippen LogP contribution in [0.2, 0.25) is 0 Å². The van der Waals surface area contributed by atoms with Crippen molar-refractivity contribution in [1.29, 1.82) is 0 Å². The molecule has 1 aliphatic rings. The number of likely N-dealkylation sites (N-methyl/N-ethyl adjacent to an activating group) is 1. The molecule has 4 atom stereocenters. The summed E-state index contributed by atoms with van der Waals surface area (Å²) < 4.78 is 33.2. The highest BCUT2D eigenvalue weighted by atomic mass is 32.2. The van der Waals surface area contributed by atoms with Gasteiger partial charge in [-0.3, -0.25) is 14.4 Å². The fourth-order valence-corrected chi connectivity index (χ4v) is 7.23. The van der Waals surface area contributed by atoms with Crippen molar-refractivity contribution in [2.24, 2.45) is 0 Å². The number of nitrogens with zero attached hydrogens (tertiary/aromatic N) is 1. The van der Waals surface area contributed by atoms with Gasteiger partial charge in [-0.05, 0) is 79.2 Å². The number of unbranched alkanes of at least 4 members (excludes halogenated alkanes) is 1. The van der Waals surface area contributed by atoms with Gasteiger partial charge in [0.25, 0.3) is 5.91 Å². The summed E-state index contributed by atoms with van der Waals surface area (Å²) in [6.45, 7) is 9.97. The third-order valence-electron chi connectivity index (χ3n) is 9.25. The number of carbonyl (C=O) groups is 6. The summed E-state index contributed by atoms with van der Waals surface area (Å²) in [5.74, 6) is -2.59. The maximum atomic E-state index is 14.2. The van der Waals surface area contributed by atoms with E-state index in [0.717, 1.165) is 22.3 Å². The van der Waals surface area contributed by atoms with Gasteiger partial charge < -0.3 is 40.0 Å². The molecule has 0 spiro atoms. The molecule has 0 radical (unpaired) electrons. The molecule has 18 heteroatoms. The molecule has 3 aromatic carbocycles. The minimum absolute atomic E-state index is 0.0573. The van der Waals surface area contributed by atoms with E-state index >= 15 is 0 Å². The zero-order valence-corrected chi connectivity index (χ0v) is 35.8. The number of rotatable bonds is 19. The molecule has 328 valence electrons. The van der Waals surface area contributed by atoms with Gasteiger partial charge in [-0.1, -0.05) is 91.5 Å². The Kier molecular flexibility index (Phi) is 18.0. The van der Waals surface area contributed by atoms with Crippen LogP contribution in [0.15, 0.2) is 91.5 Å². The molecular formula is C43H55N7O10S. The van der Waals surface area contributed by atoms with E-state index in [-0.39, 0.29) is 38.5 Å². The lowest BCUT2D eigenvalue weighted by Gasteiger charge is -2.28. The highest BCUT2D eigenvalue weighted by molar-refractivity contribution is 7.87. The number of amides is 6. The average Bonchev–Trinajstić information content (AvgIpc) is 3.55. The number of hydrogen-bond acceptors (Lipinski definition) is 11. The van der Waals surface area contributed by atoms with Gasteiger partial charge in [0.2, 0.25) is 11.8 Å². The van der Waals surface area contributed by atoms with Crippen LogP contribution in [0.3, 0.4) is 0 Å². The Labute approximate surface area is 359 Å². The summed E-state index contributed by atoms with van der Waals surface area (Å²) in [7, 11) is 1.42. The number of hydrazine groups is 1. The van der Waals surface area contributed by atoms with Gasteiger partial charge in [0.05, 0.1) is 0 Å². The Bertz CT molecular complexity index is 1950. The number of alkyl carbamates (subject to hydrolysis) is 2. The van der Waals surface area contributed by atoms with Gasteiger partial charge in [-0.25, -0.2) is 19.8 Å². The van der Waals surface area contributed by atoms with Crippen LogP contribution < -0.4 is 31.4 Å². The fraction of sp³-hybridized carbons (Fsp3) is 0.395. The standard InChI is InChI=1S/C43H55N7O10S/c1-7-25-58-41(55)46-28(2)37(51)48-50(42(56)59-27-34-32-21-13-11-19-30(32)31-20-12-14-22-33(31)34)61(57)49-36(26-29-17-9-8-10-18-29)39(53)47-35(38(52)44-6)23-15-16-24-45-40(54)60-43(3,4)5/h7-14,17-22,28,34-36,49H,1,15-16,23-27H2,2-6H3,(H,44,52)(H,45,54)(H,46,55)(H,47,53)(H,48,51)/t28-,35-,36+,61?/m0/s1. The van der Waals surface area contributed by atoms with Gasteiger partial charge in [0.15, 0.2) is 11.5 Å². The van der Waals surface area contributed by atoms with Crippen LogP contribution in [0, 0.1) is 0 Å². The molecule has 17 nitrogen and oxygen atoms in total. The number of fused-ring (bicyclic) bond motifs is 3. The van der Waals surface area contributed by atoms with Crippen LogP contribution in [0.4, 0.5) is 14.4 Å². The number of nitrogens with one attached hydrogen (secondary N) is 6. The van der Waals surface area contributed by atoms with E-state index in [1.807, 2.05) is 48.5 Å². The lowest BCUT2D eigenvalue weighted by atomic mass is 9.98. The van der Waals surface area contributed by atoms with Crippen molar-refractivity contribution in [3.8, 4) is 11.1 Å². The van der Waals surface area contributed by atoms with Crippen molar-refractivity contribution in [3.63, 3.8) is 0 Å². The molecule has 0 saturated heterocycles. The fourth-order valence-electron chi connectivity index (χ4n) is 6.33. The van der Waals surface area contributed by atoms with Crippen LogP contribution in [0.25, 0.3) is 11.1 Å². The van der Waals surface area contributed by atoms with E-state index in [1.54, 1.807) is 51.1 Å². The van der Waals surface area contributed by atoms with Gasteiger partial charge in [0.1, 0.15) is 36.9 Å². The monoisotopic (exact) mass is 861 g/mol. The SMILES string of the molecule is C=CCOC(=O)N[C@@H](C)C(=O)NN(C(=O)OCC1c2ccccc2-c2ccccc21)[S+]([O-])N[C@H](Cc1ccccc1)C(=O)N[C@@H](CCCCNC(=O)OC(C)(C)C)C(=O)NC. The average molecular weight is 862 g/mol. The first kappa shape index (κ1) is 47.6. The van der Waals surface area contributed by atoms with Crippen molar-refractivity contribution >= 4 is 47.5 Å². The first-order valence-electron chi connectivity index (χ1n) is 19.8. The predicted octanol–water partition coefficient (Wildman–Crippen LogP) is 4.27. The summed E-state index contributed by atoms with van der Waals surface area (Å²) >= 11 is -2.70. The molecule has 4 rings (SSSR count). The molecule has 1 aliphatic carbocycles.